The first-order valence-corrected chi connectivity index (χ1v) is 9.48. The second-order valence-corrected chi connectivity index (χ2v) is 7.08. The minimum absolute atomic E-state index is 0.0500. The largest absolute Gasteiger partial charge is 0.347 e. The number of nitrogens with one attached hydrogen (secondary N) is 2. The SMILES string of the molecule is O=C(NCC(c1ccccc1)c1ccccc1)C(=O)Nc1ccc(Br)cc1F. The van der Waals surface area contributed by atoms with Crippen LogP contribution in [0.3, 0.4) is 0 Å². The van der Waals surface area contributed by atoms with E-state index in [9.17, 15) is 14.0 Å². The van der Waals surface area contributed by atoms with Crippen molar-refractivity contribution >= 4 is 33.4 Å². The fraction of sp³-hybridized carbons (Fsp3) is 0.0909. The first-order valence-electron chi connectivity index (χ1n) is 8.68. The van der Waals surface area contributed by atoms with Crippen molar-refractivity contribution in [2.24, 2.45) is 0 Å². The number of amides is 2. The Morgan fingerprint density at radius 1 is 0.857 bits per heavy atom. The molecule has 0 aromatic heterocycles. The van der Waals surface area contributed by atoms with Crippen molar-refractivity contribution in [1.29, 1.82) is 0 Å². The lowest BCUT2D eigenvalue weighted by Crippen LogP contribution is -2.38. The van der Waals surface area contributed by atoms with Crippen molar-refractivity contribution in [1.82, 2.24) is 5.32 Å². The second-order valence-electron chi connectivity index (χ2n) is 6.16. The Hall–Kier alpha value is -2.99. The van der Waals surface area contributed by atoms with Gasteiger partial charge in [0.05, 0.1) is 5.69 Å². The molecule has 0 saturated carbocycles. The Morgan fingerprint density at radius 3 is 1.96 bits per heavy atom. The Morgan fingerprint density at radius 2 is 1.43 bits per heavy atom. The maximum Gasteiger partial charge on any atom is 0.313 e. The van der Waals surface area contributed by atoms with E-state index in [2.05, 4.69) is 26.6 Å². The highest BCUT2D eigenvalue weighted by atomic mass is 79.9. The standard InChI is InChI=1S/C22H18BrFN2O2/c23-17-11-12-20(19(24)13-17)26-22(28)21(27)25-14-18(15-7-3-1-4-8-15)16-9-5-2-6-10-16/h1-13,18H,14H2,(H,25,27)(H,26,28). The fourth-order valence-electron chi connectivity index (χ4n) is 2.84. The minimum atomic E-state index is -0.916. The molecule has 3 aromatic rings. The van der Waals surface area contributed by atoms with Gasteiger partial charge in [-0.2, -0.15) is 0 Å². The van der Waals surface area contributed by atoms with Gasteiger partial charge >= 0.3 is 11.8 Å². The Kier molecular flexibility index (Phi) is 6.55. The number of hydrogen-bond acceptors (Lipinski definition) is 2. The minimum Gasteiger partial charge on any atom is -0.347 e. The van der Waals surface area contributed by atoms with Crippen LogP contribution in [0.2, 0.25) is 0 Å². The highest BCUT2D eigenvalue weighted by Gasteiger charge is 2.19. The van der Waals surface area contributed by atoms with E-state index in [1.54, 1.807) is 6.07 Å². The molecule has 0 atom stereocenters. The molecule has 2 amide bonds. The van der Waals surface area contributed by atoms with Crippen LogP contribution in [0.15, 0.2) is 83.3 Å². The van der Waals surface area contributed by atoms with Crippen molar-refractivity contribution in [2.45, 2.75) is 5.92 Å². The molecule has 142 valence electrons. The summed E-state index contributed by atoms with van der Waals surface area (Å²) in [7, 11) is 0. The van der Waals surface area contributed by atoms with Gasteiger partial charge in [0.2, 0.25) is 0 Å². The van der Waals surface area contributed by atoms with E-state index >= 15 is 0 Å². The van der Waals surface area contributed by atoms with E-state index in [1.807, 2.05) is 60.7 Å². The molecule has 0 bridgehead atoms. The summed E-state index contributed by atoms with van der Waals surface area (Å²) in [4.78, 5) is 24.4. The molecule has 0 spiro atoms. The number of halogens is 2. The summed E-state index contributed by atoms with van der Waals surface area (Å²) in [6.45, 7) is 0.239. The third-order valence-corrected chi connectivity index (χ3v) is 4.75. The number of anilines is 1. The third-order valence-electron chi connectivity index (χ3n) is 4.26. The molecule has 6 heteroatoms. The normalized spacial score (nSPS) is 10.5. The molecule has 3 rings (SSSR count). The molecule has 0 aliphatic carbocycles. The molecular formula is C22H18BrFN2O2. The van der Waals surface area contributed by atoms with Gasteiger partial charge in [-0.25, -0.2) is 4.39 Å². The molecular weight excluding hydrogens is 423 g/mol. The molecule has 0 heterocycles. The maximum absolute atomic E-state index is 13.9. The average Bonchev–Trinajstić information content (AvgIpc) is 2.71. The Labute approximate surface area is 170 Å². The monoisotopic (exact) mass is 440 g/mol. The van der Waals surface area contributed by atoms with Crippen molar-refractivity contribution < 1.29 is 14.0 Å². The van der Waals surface area contributed by atoms with Crippen LogP contribution >= 0.6 is 15.9 Å². The van der Waals surface area contributed by atoms with Crippen molar-refractivity contribution in [3.63, 3.8) is 0 Å². The summed E-state index contributed by atoms with van der Waals surface area (Å²) in [5, 5.41) is 4.94. The second kappa shape index (κ2) is 9.28. The number of carbonyl (C=O) groups excluding carboxylic acids is 2. The highest BCUT2D eigenvalue weighted by molar-refractivity contribution is 9.10. The van der Waals surface area contributed by atoms with Crippen LogP contribution < -0.4 is 10.6 Å². The molecule has 0 fully saturated rings. The van der Waals surface area contributed by atoms with E-state index < -0.39 is 17.6 Å². The van der Waals surface area contributed by atoms with E-state index in [1.165, 1.54) is 12.1 Å². The number of benzene rings is 3. The van der Waals surface area contributed by atoms with E-state index in [0.29, 0.717) is 4.47 Å². The van der Waals surface area contributed by atoms with Crippen LogP contribution in [0.25, 0.3) is 0 Å². The van der Waals surface area contributed by atoms with E-state index in [4.69, 9.17) is 0 Å². The molecule has 28 heavy (non-hydrogen) atoms. The lowest BCUT2D eigenvalue weighted by atomic mass is 9.91. The number of carbonyl (C=O) groups is 2. The van der Waals surface area contributed by atoms with E-state index in [0.717, 1.165) is 11.1 Å². The smallest absolute Gasteiger partial charge is 0.313 e. The summed E-state index contributed by atoms with van der Waals surface area (Å²) in [6, 6.07) is 23.6. The topological polar surface area (TPSA) is 58.2 Å². The zero-order chi connectivity index (χ0) is 19.9. The molecule has 0 aliphatic rings. The van der Waals surface area contributed by atoms with Crippen LogP contribution in [0.4, 0.5) is 10.1 Å². The summed E-state index contributed by atoms with van der Waals surface area (Å²) in [6.07, 6.45) is 0. The van der Waals surface area contributed by atoms with Gasteiger partial charge in [-0.15, -0.1) is 0 Å². The van der Waals surface area contributed by atoms with Crippen LogP contribution in [0.1, 0.15) is 17.0 Å². The molecule has 0 unspecified atom stereocenters. The highest BCUT2D eigenvalue weighted by Crippen LogP contribution is 2.24. The van der Waals surface area contributed by atoms with Crippen molar-refractivity contribution in [3.8, 4) is 0 Å². The molecule has 3 aromatic carbocycles. The van der Waals surface area contributed by atoms with Gasteiger partial charge in [0.15, 0.2) is 0 Å². The van der Waals surface area contributed by atoms with Gasteiger partial charge in [-0.3, -0.25) is 9.59 Å². The number of rotatable bonds is 5. The molecule has 0 radical (unpaired) electrons. The fourth-order valence-corrected chi connectivity index (χ4v) is 3.18. The van der Waals surface area contributed by atoms with Crippen molar-refractivity contribution in [3.05, 3.63) is 100 Å². The van der Waals surface area contributed by atoms with Gasteiger partial charge in [0.25, 0.3) is 0 Å². The van der Waals surface area contributed by atoms with Crippen LogP contribution in [0.5, 0.6) is 0 Å². The Balaban J connectivity index is 1.69. The molecule has 4 nitrogen and oxygen atoms in total. The Bertz CT molecular complexity index is 925. The predicted molar refractivity (Wildman–Crippen MR) is 110 cm³/mol. The first-order chi connectivity index (χ1) is 13.5. The van der Waals surface area contributed by atoms with Crippen LogP contribution in [-0.4, -0.2) is 18.4 Å². The van der Waals surface area contributed by atoms with Gasteiger partial charge in [-0.1, -0.05) is 76.6 Å². The van der Waals surface area contributed by atoms with Crippen LogP contribution in [0, 0.1) is 5.82 Å². The summed E-state index contributed by atoms with van der Waals surface area (Å²) in [5.74, 6) is -2.47. The van der Waals surface area contributed by atoms with Crippen LogP contribution in [-0.2, 0) is 9.59 Å². The number of hydrogen-bond donors (Lipinski definition) is 2. The molecule has 2 N–H and O–H groups in total. The lowest BCUT2D eigenvalue weighted by Gasteiger charge is -2.18. The van der Waals surface area contributed by atoms with Crippen molar-refractivity contribution in [2.75, 3.05) is 11.9 Å². The first kappa shape index (κ1) is 19.8. The summed E-state index contributed by atoms with van der Waals surface area (Å²) < 4.78 is 14.4. The average molecular weight is 441 g/mol. The quantitative estimate of drug-likeness (QED) is 0.574. The van der Waals surface area contributed by atoms with Gasteiger partial charge in [-0.05, 0) is 29.3 Å². The molecule has 0 saturated heterocycles. The zero-order valence-corrected chi connectivity index (χ0v) is 16.4. The maximum atomic E-state index is 13.9. The molecule has 0 aliphatic heterocycles. The predicted octanol–water partition coefficient (Wildman–Crippen LogP) is 4.48. The summed E-state index contributed by atoms with van der Waals surface area (Å²) >= 11 is 3.14. The van der Waals surface area contributed by atoms with Gasteiger partial charge in [0, 0.05) is 16.9 Å². The third kappa shape index (κ3) is 5.04. The van der Waals surface area contributed by atoms with Gasteiger partial charge < -0.3 is 10.6 Å². The van der Waals surface area contributed by atoms with E-state index in [-0.39, 0.29) is 18.2 Å². The zero-order valence-electron chi connectivity index (χ0n) is 14.9. The van der Waals surface area contributed by atoms with Gasteiger partial charge in [0.1, 0.15) is 5.82 Å². The summed E-state index contributed by atoms with van der Waals surface area (Å²) in [5.41, 5.74) is 1.99. The lowest BCUT2D eigenvalue weighted by molar-refractivity contribution is -0.136.